The second-order valence-corrected chi connectivity index (χ2v) is 3.43. The zero-order chi connectivity index (χ0) is 11.9. The molecule has 1 N–H and O–H groups in total. The third-order valence-electron chi connectivity index (χ3n) is 2.11. The Kier molecular flexibility index (Phi) is 3.70. The van der Waals surface area contributed by atoms with E-state index in [9.17, 15) is 4.79 Å². The predicted molar refractivity (Wildman–Crippen MR) is 64.5 cm³/mol. The Morgan fingerprint density at radius 3 is 2.71 bits per heavy atom. The maximum atomic E-state index is 11.4. The summed E-state index contributed by atoms with van der Waals surface area (Å²) in [5.41, 5.74) is 1.57. The summed E-state index contributed by atoms with van der Waals surface area (Å²) in [4.78, 5) is 15.4. The van der Waals surface area contributed by atoms with Crippen LogP contribution in [0.4, 0.5) is 10.5 Å². The van der Waals surface area contributed by atoms with Crippen molar-refractivity contribution in [1.82, 2.24) is 4.98 Å². The van der Waals surface area contributed by atoms with Gasteiger partial charge in [-0.2, -0.15) is 0 Å². The third-order valence-corrected chi connectivity index (χ3v) is 2.11. The molecule has 0 bridgehead atoms. The molecule has 0 saturated carbocycles. The molecule has 0 aliphatic rings. The minimum Gasteiger partial charge on any atom is -0.444 e. The number of aromatic nitrogens is 1. The highest BCUT2D eigenvalue weighted by Gasteiger charge is 2.02. The van der Waals surface area contributed by atoms with Crippen molar-refractivity contribution in [2.45, 2.75) is 6.61 Å². The van der Waals surface area contributed by atoms with E-state index in [1.807, 2.05) is 24.3 Å². The maximum absolute atomic E-state index is 11.4. The molecule has 0 fully saturated rings. The summed E-state index contributed by atoms with van der Waals surface area (Å²) in [6.07, 6.45) is 2.86. The number of rotatable bonds is 3. The third kappa shape index (κ3) is 3.61. The summed E-state index contributed by atoms with van der Waals surface area (Å²) in [5.74, 6) is 0. The Morgan fingerprint density at radius 2 is 2.00 bits per heavy atom. The largest absolute Gasteiger partial charge is 0.444 e. The van der Waals surface area contributed by atoms with Crippen LogP contribution in [-0.4, -0.2) is 11.1 Å². The van der Waals surface area contributed by atoms with Crippen molar-refractivity contribution < 1.29 is 9.53 Å². The smallest absolute Gasteiger partial charge is 0.411 e. The molecule has 0 atom stereocenters. The van der Waals surface area contributed by atoms with Gasteiger partial charge in [0.25, 0.3) is 0 Å². The van der Waals surface area contributed by atoms with E-state index in [0.717, 1.165) is 5.56 Å². The average molecular weight is 228 g/mol. The average Bonchev–Trinajstić information content (AvgIpc) is 2.39. The standard InChI is InChI=1S/C13H12N2O2/c16-13(15-12-6-2-1-3-7-12)17-10-11-5-4-8-14-9-11/h1-9H,10H2,(H,15,16). The van der Waals surface area contributed by atoms with Gasteiger partial charge in [0, 0.05) is 23.6 Å². The molecule has 2 rings (SSSR count). The normalized spacial score (nSPS) is 9.65. The van der Waals surface area contributed by atoms with Gasteiger partial charge >= 0.3 is 6.09 Å². The number of para-hydroxylation sites is 1. The molecule has 0 aliphatic carbocycles. The molecule has 2 aromatic rings. The Morgan fingerprint density at radius 1 is 1.18 bits per heavy atom. The molecule has 4 heteroatoms. The van der Waals surface area contributed by atoms with Gasteiger partial charge in [-0.3, -0.25) is 10.3 Å². The first-order chi connectivity index (χ1) is 8.34. The highest BCUT2D eigenvalue weighted by molar-refractivity contribution is 5.84. The first-order valence-electron chi connectivity index (χ1n) is 5.22. The number of anilines is 1. The second-order valence-electron chi connectivity index (χ2n) is 3.43. The number of ether oxygens (including phenoxy) is 1. The summed E-state index contributed by atoms with van der Waals surface area (Å²) >= 11 is 0. The van der Waals surface area contributed by atoms with Crippen molar-refractivity contribution in [2.75, 3.05) is 5.32 Å². The fourth-order valence-electron chi connectivity index (χ4n) is 1.31. The number of hydrogen-bond acceptors (Lipinski definition) is 3. The summed E-state index contributed by atoms with van der Waals surface area (Å²) in [6.45, 7) is 0.215. The summed E-state index contributed by atoms with van der Waals surface area (Å²) in [5, 5.41) is 2.63. The lowest BCUT2D eigenvalue weighted by molar-refractivity contribution is 0.155. The fourth-order valence-corrected chi connectivity index (χ4v) is 1.31. The van der Waals surface area contributed by atoms with Crippen LogP contribution in [0.1, 0.15) is 5.56 Å². The van der Waals surface area contributed by atoms with E-state index in [2.05, 4.69) is 10.3 Å². The van der Waals surface area contributed by atoms with Gasteiger partial charge in [-0.05, 0) is 18.2 Å². The van der Waals surface area contributed by atoms with Crippen molar-refractivity contribution in [3.8, 4) is 0 Å². The molecule has 17 heavy (non-hydrogen) atoms. The van der Waals surface area contributed by atoms with Crippen LogP contribution >= 0.6 is 0 Å². The van der Waals surface area contributed by atoms with Gasteiger partial charge in [0.15, 0.2) is 0 Å². The van der Waals surface area contributed by atoms with E-state index in [-0.39, 0.29) is 6.61 Å². The number of nitrogens with zero attached hydrogens (tertiary/aromatic N) is 1. The van der Waals surface area contributed by atoms with E-state index in [4.69, 9.17) is 4.74 Å². The van der Waals surface area contributed by atoms with Gasteiger partial charge < -0.3 is 4.74 Å². The molecule has 0 unspecified atom stereocenters. The minimum absolute atomic E-state index is 0.215. The number of hydrogen-bond donors (Lipinski definition) is 1. The lowest BCUT2D eigenvalue weighted by Gasteiger charge is -2.06. The molecule has 4 nitrogen and oxygen atoms in total. The van der Waals surface area contributed by atoms with E-state index < -0.39 is 6.09 Å². The number of pyridine rings is 1. The first kappa shape index (κ1) is 11.1. The highest BCUT2D eigenvalue weighted by atomic mass is 16.5. The zero-order valence-electron chi connectivity index (χ0n) is 9.17. The van der Waals surface area contributed by atoms with Crippen molar-refractivity contribution in [3.63, 3.8) is 0 Å². The van der Waals surface area contributed by atoms with Gasteiger partial charge in [-0.15, -0.1) is 0 Å². The van der Waals surface area contributed by atoms with Crippen molar-refractivity contribution in [2.24, 2.45) is 0 Å². The maximum Gasteiger partial charge on any atom is 0.411 e. The topological polar surface area (TPSA) is 51.2 Å². The molecule has 1 aromatic carbocycles. The summed E-state index contributed by atoms with van der Waals surface area (Å²) in [7, 11) is 0. The molecule has 0 spiro atoms. The number of carbonyl (C=O) groups excluding carboxylic acids is 1. The van der Waals surface area contributed by atoms with Crippen LogP contribution in [-0.2, 0) is 11.3 Å². The monoisotopic (exact) mass is 228 g/mol. The second kappa shape index (κ2) is 5.65. The molecule has 86 valence electrons. The Hall–Kier alpha value is -2.36. The molecular weight excluding hydrogens is 216 g/mol. The number of carbonyl (C=O) groups is 1. The molecule has 0 aliphatic heterocycles. The van der Waals surface area contributed by atoms with Crippen LogP contribution in [0.25, 0.3) is 0 Å². The van der Waals surface area contributed by atoms with E-state index in [1.165, 1.54) is 0 Å². The van der Waals surface area contributed by atoms with Crippen LogP contribution in [0.2, 0.25) is 0 Å². The van der Waals surface area contributed by atoms with Crippen LogP contribution in [0, 0.1) is 0 Å². The lowest BCUT2D eigenvalue weighted by atomic mass is 10.3. The Labute approximate surface area is 99.3 Å². The van der Waals surface area contributed by atoms with Gasteiger partial charge in [-0.25, -0.2) is 4.79 Å². The number of nitrogens with one attached hydrogen (secondary N) is 1. The van der Waals surface area contributed by atoms with Crippen LogP contribution in [0.3, 0.4) is 0 Å². The Bertz CT molecular complexity index is 471. The van der Waals surface area contributed by atoms with Gasteiger partial charge in [0.05, 0.1) is 0 Å². The summed E-state index contributed by atoms with van der Waals surface area (Å²) < 4.78 is 5.04. The summed E-state index contributed by atoms with van der Waals surface area (Å²) in [6, 6.07) is 12.8. The van der Waals surface area contributed by atoms with Crippen molar-refractivity contribution in [3.05, 3.63) is 60.4 Å². The molecular formula is C13H12N2O2. The van der Waals surface area contributed by atoms with E-state index in [0.29, 0.717) is 5.69 Å². The molecule has 1 amide bonds. The van der Waals surface area contributed by atoms with Gasteiger partial charge in [0.2, 0.25) is 0 Å². The fraction of sp³-hybridized carbons (Fsp3) is 0.0769. The molecule has 1 heterocycles. The van der Waals surface area contributed by atoms with Crippen LogP contribution in [0.15, 0.2) is 54.9 Å². The SMILES string of the molecule is O=C(Nc1ccccc1)OCc1cccnc1. The quantitative estimate of drug-likeness (QED) is 0.878. The molecule has 0 saturated heterocycles. The lowest BCUT2D eigenvalue weighted by Crippen LogP contribution is -2.13. The van der Waals surface area contributed by atoms with E-state index in [1.54, 1.807) is 30.6 Å². The van der Waals surface area contributed by atoms with Gasteiger partial charge in [0.1, 0.15) is 6.61 Å². The molecule has 0 radical (unpaired) electrons. The predicted octanol–water partition coefficient (Wildman–Crippen LogP) is 2.83. The molecule has 1 aromatic heterocycles. The van der Waals surface area contributed by atoms with Crippen LogP contribution in [0.5, 0.6) is 0 Å². The zero-order valence-corrected chi connectivity index (χ0v) is 9.17. The van der Waals surface area contributed by atoms with Crippen LogP contribution < -0.4 is 5.32 Å². The van der Waals surface area contributed by atoms with E-state index >= 15 is 0 Å². The number of benzene rings is 1. The van der Waals surface area contributed by atoms with Crippen molar-refractivity contribution >= 4 is 11.8 Å². The van der Waals surface area contributed by atoms with Gasteiger partial charge in [-0.1, -0.05) is 24.3 Å². The Balaban J connectivity index is 1.83. The highest BCUT2D eigenvalue weighted by Crippen LogP contribution is 2.06. The van der Waals surface area contributed by atoms with Crippen molar-refractivity contribution in [1.29, 1.82) is 0 Å². The first-order valence-corrected chi connectivity index (χ1v) is 5.22. The minimum atomic E-state index is -0.472. The number of amides is 1.